The van der Waals surface area contributed by atoms with Gasteiger partial charge in [-0.3, -0.25) is 4.79 Å². The summed E-state index contributed by atoms with van der Waals surface area (Å²) in [5, 5.41) is 26.8. The minimum absolute atomic E-state index is 0.108. The lowest BCUT2D eigenvalue weighted by atomic mass is 10.1. The Hall–Kier alpha value is -4.47. The van der Waals surface area contributed by atoms with Gasteiger partial charge in [-0.15, -0.1) is 0 Å². The summed E-state index contributed by atoms with van der Waals surface area (Å²) in [6.45, 7) is 0.339. The minimum Gasteiger partial charge on any atom is -0.476 e. The fraction of sp³-hybridized carbons (Fsp3) is 0.120. The number of nitrogens with zero attached hydrogens (tertiary/aromatic N) is 2. The predicted molar refractivity (Wildman–Crippen MR) is 131 cm³/mol. The molecule has 3 N–H and O–H groups in total. The number of carbonyl (C=O) groups excluding carboxylic acids is 1. The number of nitrogens with one attached hydrogen (secondary N) is 3. The third-order valence-corrected chi connectivity index (χ3v) is 4.93. The van der Waals surface area contributed by atoms with Gasteiger partial charge in [-0.25, -0.2) is 4.39 Å². The van der Waals surface area contributed by atoms with Crippen molar-refractivity contribution in [1.82, 2.24) is 5.32 Å². The molecule has 3 rings (SSSR count). The van der Waals surface area contributed by atoms with Gasteiger partial charge in [0.25, 0.3) is 5.91 Å². The zero-order valence-electron chi connectivity index (χ0n) is 18.0. The van der Waals surface area contributed by atoms with Gasteiger partial charge in [-0.2, -0.15) is 10.5 Å². The Morgan fingerprint density at radius 2 is 1.79 bits per heavy atom. The van der Waals surface area contributed by atoms with Gasteiger partial charge < -0.3 is 20.7 Å². The number of rotatable bonds is 8. The third kappa shape index (κ3) is 6.76. The summed E-state index contributed by atoms with van der Waals surface area (Å²) < 4.78 is 19.4. The number of thiocarbonyl (C=S) groups is 1. The van der Waals surface area contributed by atoms with Crippen molar-refractivity contribution in [3.63, 3.8) is 0 Å². The van der Waals surface area contributed by atoms with Crippen LogP contribution in [0.5, 0.6) is 5.75 Å². The molecule has 0 saturated heterocycles. The Morgan fingerprint density at radius 3 is 2.50 bits per heavy atom. The van der Waals surface area contributed by atoms with Crippen LogP contribution in [0.2, 0.25) is 0 Å². The highest BCUT2D eigenvalue weighted by Gasteiger charge is 2.14. The molecule has 3 aromatic rings. The van der Waals surface area contributed by atoms with Crippen molar-refractivity contribution < 1.29 is 13.9 Å². The van der Waals surface area contributed by atoms with E-state index in [4.69, 9.17) is 27.5 Å². The molecule has 7 nitrogen and oxygen atoms in total. The summed E-state index contributed by atoms with van der Waals surface area (Å²) in [7, 11) is 0. The van der Waals surface area contributed by atoms with Gasteiger partial charge in [0.2, 0.25) is 0 Å². The zero-order chi connectivity index (χ0) is 24.3. The van der Waals surface area contributed by atoms with Crippen LogP contribution in [0.15, 0.2) is 66.7 Å². The summed E-state index contributed by atoms with van der Waals surface area (Å²) in [4.78, 5) is 12.5. The zero-order valence-corrected chi connectivity index (χ0v) is 18.8. The molecule has 0 bridgehead atoms. The van der Waals surface area contributed by atoms with Crippen LogP contribution in [0.3, 0.4) is 0 Å². The van der Waals surface area contributed by atoms with Crippen molar-refractivity contribution in [2.45, 2.75) is 6.42 Å². The molecule has 170 valence electrons. The van der Waals surface area contributed by atoms with E-state index < -0.39 is 11.7 Å². The number of anilines is 2. The van der Waals surface area contributed by atoms with E-state index >= 15 is 0 Å². The Balaban J connectivity index is 1.62. The molecule has 3 aromatic carbocycles. The van der Waals surface area contributed by atoms with Gasteiger partial charge in [0.05, 0.1) is 22.9 Å². The second kappa shape index (κ2) is 12.0. The molecule has 0 unspecified atom stereocenters. The second-order valence-electron chi connectivity index (χ2n) is 7.03. The van der Waals surface area contributed by atoms with Crippen LogP contribution in [0, 0.1) is 28.5 Å². The number of benzene rings is 3. The average Bonchev–Trinajstić information content (AvgIpc) is 2.84. The number of nitriles is 2. The molecule has 0 aromatic heterocycles. The number of hydrogen-bond acceptors (Lipinski definition) is 5. The molecule has 34 heavy (non-hydrogen) atoms. The topological polar surface area (TPSA) is 110 Å². The van der Waals surface area contributed by atoms with E-state index in [1.54, 1.807) is 36.4 Å². The van der Waals surface area contributed by atoms with Gasteiger partial charge in [0.15, 0.2) is 11.7 Å². The van der Waals surface area contributed by atoms with Crippen molar-refractivity contribution in [2.24, 2.45) is 0 Å². The molecule has 1 amide bonds. The average molecular weight is 474 g/mol. The highest BCUT2D eigenvalue weighted by molar-refractivity contribution is 7.80. The molecule has 0 heterocycles. The van der Waals surface area contributed by atoms with E-state index in [9.17, 15) is 9.18 Å². The number of carbonyl (C=O) groups is 1. The van der Waals surface area contributed by atoms with Gasteiger partial charge in [-0.1, -0.05) is 24.3 Å². The molecule has 0 spiro atoms. The van der Waals surface area contributed by atoms with Gasteiger partial charge in [-0.05, 0) is 60.6 Å². The molecular weight excluding hydrogens is 453 g/mol. The predicted octanol–water partition coefficient (Wildman–Crippen LogP) is 4.38. The monoisotopic (exact) mass is 473 g/mol. The van der Waals surface area contributed by atoms with Crippen LogP contribution in [0.1, 0.15) is 21.5 Å². The van der Waals surface area contributed by atoms with Crippen LogP contribution in [-0.2, 0) is 6.42 Å². The Labute approximate surface area is 201 Å². The van der Waals surface area contributed by atoms with Gasteiger partial charge in [0.1, 0.15) is 17.6 Å². The van der Waals surface area contributed by atoms with Crippen LogP contribution in [0.25, 0.3) is 0 Å². The van der Waals surface area contributed by atoms with Crippen LogP contribution >= 0.6 is 12.2 Å². The Morgan fingerprint density at radius 1 is 1.03 bits per heavy atom. The van der Waals surface area contributed by atoms with E-state index in [1.165, 1.54) is 18.2 Å². The molecule has 0 atom stereocenters. The lowest BCUT2D eigenvalue weighted by Gasteiger charge is -2.15. The smallest absolute Gasteiger partial charge is 0.258 e. The maximum atomic E-state index is 13.9. The highest BCUT2D eigenvalue weighted by Crippen LogP contribution is 2.29. The summed E-state index contributed by atoms with van der Waals surface area (Å²) >= 11 is 5.33. The first-order valence-electron chi connectivity index (χ1n) is 10.2. The van der Waals surface area contributed by atoms with Gasteiger partial charge in [0, 0.05) is 18.3 Å². The number of halogens is 1. The van der Waals surface area contributed by atoms with E-state index in [1.807, 2.05) is 18.2 Å². The lowest BCUT2D eigenvalue weighted by Crippen LogP contribution is -2.30. The summed E-state index contributed by atoms with van der Waals surface area (Å²) in [6, 6.07) is 21.7. The van der Waals surface area contributed by atoms with E-state index in [0.29, 0.717) is 29.3 Å². The first-order chi connectivity index (χ1) is 16.5. The first kappa shape index (κ1) is 24.2. The summed E-state index contributed by atoms with van der Waals surface area (Å²) in [5.41, 5.74) is 2.43. The van der Waals surface area contributed by atoms with Crippen LogP contribution < -0.4 is 20.7 Å². The molecule has 0 aliphatic rings. The van der Waals surface area contributed by atoms with Gasteiger partial charge >= 0.3 is 0 Å². The fourth-order valence-corrected chi connectivity index (χ4v) is 3.23. The standard InChI is InChI=1S/C25H20FN5O2S/c26-21-4-2-1-3-20(21)24(32)31-22-10-9-19(15-23(22)33-14-12-27)30-25(34)29-13-11-17-5-7-18(16-28)8-6-17/h1-10,15H,11,13-14H2,(H,31,32)(H2,29,30,34). The fourth-order valence-electron chi connectivity index (χ4n) is 3.01. The third-order valence-electron chi connectivity index (χ3n) is 4.68. The molecule has 0 radical (unpaired) electrons. The Bertz CT molecular complexity index is 1270. The van der Waals surface area contributed by atoms with Crippen molar-refractivity contribution in [1.29, 1.82) is 10.5 Å². The molecule has 0 fully saturated rings. The number of amides is 1. The quantitative estimate of drug-likeness (QED) is 0.417. The maximum absolute atomic E-state index is 13.9. The summed E-state index contributed by atoms with van der Waals surface area (Å²) in [5.74, 6) is -1.05. The highest BCUT2D eigenvalue weighted by atomic mass is 32.1. The lowest BCUT2D eigenvalue weighted by molar-refractivity contribution is 0.102. The Kier molecular flexibility index (Phi) is 8.50. The number of ether oxygens (including phenoxy) is 1. The molecule has 0 saturated carbocycles. The van der Waals surface area contributed by atoms with Crippen LogP contribution in [-0.4, -0.2) is 24.2 Å². The normalized spacial score (nSPS) is 9.85. The maximum Gasteiger partial charge on any atom is 0.258 e. The van der Waals surface area contributed by atoms with E-state index in [-0.39, 0.29) is 23.6 Å². The SMILES string of the molecule is N#CCOc1cc(NC(=S)NCCc2ccc(C#N)cc2)ccc1NC(=O)c1ccccc1F. The van der Waals surface area contributed by atoms with Crippen molar-refractivity contribution >= 4 is 34.6 Å². The van der Waals surface area contributed by atoms with Crippen molar-refractivity contribution in [3.8, 4) is 17.9 Å². The largest absolute Gasteiger partial charge is 0.476 e. The second-order valence-corrected chi connectivity index (χ2v) is 7.44. The van der Waals surface area contributed by atoms with E-state index in [2.05, 4.69) is 22.0 Å². The molecule has 0 aliphatic carbocycles. The minimum atomic E-state index is -0.643. The first-order valence-corrected chi connectivity index (χ1v) is 10.6. The molecule has 9 heteroatoms. The molecule has 0 aliphatic heterocycles. The number of hydrogen-bond donors (Lipinski definition) is 3. The van der Waals surface area contributed by atoms with Crippen molar-refractivity contribution in [2.75, 3.05) is 23.8 Å². The summed E-state index contributed by atoms with van der Waals surface area (Å²) in [6.07, 6.45) is 0.713. The molecular formula is C25H20FN5O2S. The van der Waals surface area contributed by atoms with E-state index in [0.717, 1.165) is 5.56 Å². The van der Waals surface area contributed by atoms with Crippen molar-refractivity contribution in [3.05, 3.63) is 89.2 Å². The van der Waals surface area contributed by atoms with Crippen LogP contribution in [0.4, 0.5) is 15.8 Å².